The van der Waals surface area contributed by atoms with Crippen LogP contribution in [0.2, 0.25) is 0 Å². The Bertz CT molecular complexity index is 486. The fourth-order valence-electron chi connectivity index (χ4n) is 2.11. The van der Waals surface area contributed by atoms with E-state index in [1.807, 2.05) is 25.1 Å². The molecule has 17 heavy (non-hydrogen) atoms. The second-order valence-corrected chi connectivity index (χ2v) is 4.20. The van der Waals surface area contributed by atoms with Gasteiger partial charge in [-0.05, 0) is 31.4 Å². The maximum Gasteiger partial charge on any atom is 0.342 e. The minimum absolute atomic E-state index is 0.140. The van der Waals surface area contributed by atoms with E-state index in [0.29, 0.717) is 18.6 Å². The Morgan fingerprint density at radius 3 is 2.88 bits per heavy atom. The largest absolute Gasteiger partial charge is 0.511 e. The van der Waals surface area contributed by atoms with Gasteiger partial charge in [0.1, 0.15) is 11.3 Å². The summed E-state index contributed by atoms with van der Waals surface area (Å²) in [7, 11) is 0. The Kier molecular flexibility index (Phi) is 3.18. The highest BCUT2D eigenvalue weighted by atomic mass is 16.5. The van der Waals surface area contributed by atoms with Crippen LogP contribution in [0.5, 0.6) is 0 Å². The van der Waals surface area contributed by atoms with E-state index in [0.717, 1.165) is 23.1 Å². The van der Waals surface area contributed by atoms with Gasteiger partial charge in [-0.1, -0.05) is 23.8 Å². The topological polar surface area (TPSA) is 46.5 Å². The molecule has 90 valence electrons. The fraction of sp³-hybridized carbons (Fsp3) is 0.357. The lowest BCUT2D eigenvalue weighted by Gasteiger charge is -2.19. The Morgan fingerprint density at radius 1 is 1.41 bits per heavy atom. The normalized spacial score (nSPS) is 14.5. The van der Waals surface area contributed by atoms with E-state index in [-0.39, 0.29) is 5.76 Å². The molecule has 0 heterocycles. The number of esters is 1. The maximum atomic E-state index is 11.8. The fourth-order valence-corrected chi connectivity index (χ4v) is 2.11. The first kappa shape index (κ1) is 11.7. The zero-order valence-electron chi connectivity index (χ0n) is 10.1. The highest BCUT2D eigenvalue weighted by molar-refractivity contribution is 6.18. The van der Waals surface area contributed by atoms with E-state index < -0.39 is 5.97 Å². The predicted octanol–water partition coefficient (Wildman–Crippen LogP) is 2.77. The first-order valence-electron chi connectivity index (χ1n) is 5.82. The molecular formula is C14H16O3. The monoisotopic (exact) mass is 232 g/mol. The van der Waals surface area contributed by atoms with Gasteiger partial charge in [0.15, 0.2) is 0 Å². The Balaban J connectivity index is 2.50. The lowest BCUT2D eigenvalue weighted by Crippen LogP contribution is -2.15. The summed E-state index contributed by atoms with van der Waals surface area (Å²) in [6.45, 7) is 4.04. The summed E-state index contributed by atoms with van der Waals surface area (Å²) < 4.78 is 4.99. The van der Waals surface area contributed by atoms with E-state index in [9.17, 15) is 9.90 Å². The molecule has 1 aromatic carbocycles. The van der Waals surface area contributed by atoms with Crippen molar-refractivity contribution in [2.45, 2.75) is 26.7 Å². The number of rotatable bonds is 2. The number of aliphatic hydroxyl groups excluding tert-OH is 1. The summed E-state index contributed by atoms with van der Waals surface area (Å²) in [6, 6.07) is 5.96. The second kappa shape index (κ2) is 4.62. The van der Waals surface area contributed by atoms with Crippen molar-refractivity contribution in [3.63, 3.8) is 0 Å². The average molecular weight is 232 g/mol. The van der Waals surface area contributed by atoms with Crippen molar-refractivity contribution in [1.82, 2.24) is 0 Å². The standard InChI is InChI=1S/C14H16O3/c1-3-17-14(16)13-11-8-9(2)4-5-10(11)6-7-12(13)15/h4-5,8,15H,3,6-7H2,1-2H3. The molecule has 0 spiro atoms. The van der Waals surface area contributed by atoms with Crippen LogP contribution in [0.3, 0.4) is 0 Å². The molecule has 0 aromatic heterocycles. The zero-order chi connectivity index (χ0) is 12.4. The summed E-state index contributed by atoms with van der Waals surface area (Å²) >= 11 is 0. The van der Waals surface area contributed by atoms with E-state index in [4.69, 9.17) is 4.74 Å². The van der Waals surface area contributed by atoms with Gasteiger partial charge in [0.05, 0.1) is 6.61 Å². The quantitative estimate of drug-likeness (QED) is 0.797. The summed E-state index contributed by atoms with van der Waals surface area (Å²) in [5.41, 5.74) is 3.31. The van der Waals surface area contributed by atoms with Crippen molar-refractivity contribution in [3.05, 3.63) is 40.6 Å². The molecule has 3 heteroatoms. The molecule has 0 amide bonds. The summed E-state index contributed by atoms with van der Waals surface area (Å²) in [6.07, 6.45) is 1.27. The number of allylic oxidation sites excluding steroid dienone is 1. The Morgan fingerprint density at radius 2 is 2.18 bits per heavy atom. The van der Waals surface area contributed by atoms with Crippen molar-refractivity contribution >= 4 is 11.5 Å². The van der Waals surface area contributed by atoms with Crippen LogP contribution in [0.25, 0.3) is 5.57 Å². The first-order valence-corrected chi connectivity index (χ1v) is 5.82. The lowest BCUT2D eigenvalue weighted by atomic mass is 9.88. The van der Waals surface area contributed by atoms with Gasteiger partial charge < -0.3 is 9.84 Å². The van der Waals surface area contributed by atoms with Gasteiger partial charge >= 0.3 is 5.97 Å². The van der Waals surface area contributed by atoms with Gasteiger partial charge in [0, 0.05) is 6.42 Å². The van der Waals surface area contributed by atoms with Crippen molar-refractivity contribution in [3.8, 4) is 0 Å². The van der Waals surface area contributed by atoms with Crippen LogP contribution in [-0.4, -0.2) is 17.7 Å². The number of hydrogen-bond donors (Lipinski definition) is 1. The van der Waals surface area contributed by atoms with Crippen molar-refractivity contribution in [2.24, 2.45) is 0 Å². The van der Waals surface area contributed by atoms with Crippen LogP contribution in [0.1, 0.15) is 30.0 Å². The van der Waals surface area contributed by atoms with Crippen LogP contribution < -0.4 is 0 Å². The molecule has 0 fully saturated rings. The van der Waals surface area contributed by atoms with E-state index in [2.05, 4.69) is 0 Å². The van der Waals surface area contributed by atoms with E-state index in [1.54, 1.807) is 6.92 Å². The van der Waals surface area contributed by atoms with Crippen molar-refractivity contribution in [2.75, 3.05) is 6.61 Å². The molecule has 3 nitrogen and oxygen atoms in total. The number of carbonyl (C=O) groups excluding carboxylic acids is 1. The smallest absolute Gasteiger partial charge is 0.342 e. The summed E-state index contributed by atoms with van der Waals surface area (Å²) in [5.74, 6) is -0.293. The molecule has 0 saturated carbocycles. The van der Waals surface area contributed by atoms with E-state index in [1.165, 1.54) is 0 Å². The Labute approximate surface area is 101 Å². The van der Waals surface area contributed by atoms with Gasteiger partial charge in [-0.2, -0.15) is 0 Å². The third-order valence-electron chi connectivity index (χ3n) is 2.93. The minimum Gasteiger partial charge on any atom is -0.511 e. The molecule has 0 bridgehead atoms. The molecule has 0 unspecified atom stereocenters. The Hall–Kier alpha value is -1.77. The van der Waals surface area contributed by atoms with Crippen LogP contribution in [0.15, 0.2) is 24.0 Å². The third kappa shape index (κ3) is 2.18. The van der Waals surface area contributed by atoms with Crippen LogP contribution >= 0.6 is 0 Å². The lowest BCUT2D eigenvalue weighted by molar-refractivity contribution is -0.136. The van der Waals surface area contributed by atoms with Gasteiger partial charge in [-0.25, -0.2) is 4.79 Å². The van der Waals surface area contributed by atoms with Crippen LogP contribution in [-0.2, 0) is 16.0 Å². The molecule has 0 radical (unpaired) electrons. The van der Waals surface area contributed by atoms with E-state index >= 15 is 0 Å². The summed E-state index contributed by atoms with van der Waals surface area (Å²) in [4.78, 5) is 11.8. The third-order valence-corrected chi connectivity index (χ3v) is 2.93. The molecule has 0 saturated heterocycles. The number of aliphatic hydroxyl groups is 1. The highest BCUT2D eigenvalue weighted by Crippen LogP contribution is 2.31. The predicted molar refractivity (Wildman–Crippen MR) is 65.7 cm³/mol. The average Bonchev–Trinajstić information content (AvgIpc) is 2.28. The molecule has 1 N–H and O–H groups in total. The van der Waals surface area contributed by atoms with Crippen LogP contribution in [0, 0.1) is 6.92 Å². The molecule has 1 aromatic rings. The number of benzene rings is 1. The zero-order valence-corrected chi connectivity index (χ0v) is 10.1. The SMILES string of the molecule is CCOC(=O)C1=C(O)CCc2ccc(C)cc21. The van der Waals surface area contributed by atoms with Gasteiger partial charge in [-0.15, -0.1) is 0 Å². The number of aryl methyl sites for hydroxylation is 2. The summed E-state index contributed by atoms with van der Waals surface area (Å²) in [5, 5.41) is 9.88. The van der Waals surface area contributed by atoms with Crippen LogP contribution in [0.4, 0.5) is 0 Å². The number of ether oxygens (including phenoxy) is 1. The number of carbonyl (C=O) groups is 1. The minimum atomic E-state index is -0.434. The molecule has 2 rings (SSSR count). The van der Waals surface area contributed by atoms with Crippen molar-refractivity contribution < 1.29 is 14.6 Å². The second-order valence-electron chi connectivity index (χ2n) is 4.20. The first-order chi connectivity index (χ1) is 8.13. The molecule has 0 aliphatic heterocycles. The van der Waals surface area contributed by atoms with Gasteiger partial charge in [0.25, 0.3) is 0 Å². The molecule has 0 atom stereocenters. The van der Waals surface area contributed by atoms with Crippen molar-refractivity contribution in [1.29, 1.82) is 0 Å². The molecular weight excluding hydrogens is 216 g/mol. The molecule has 1 aliphatic carbocycles. The number of fused-ring (bicyclic) bond motifs is 1. The van der Waals surface area contributed by atoms with Gasteiger partial charge in [0.2, 0.25) is 0 Å². The number of hydrogen-bond acceptors (Lipinski definition) is 3. The highest BCUT2D eigenvalue weighted by Gasteiger charge is 2.25. The van der Waals surface area contributed by atoms with Gasteiger partial charge in [-0.3, -0.25) is 0 Å². The molecule has 1 aliphatic rings. The maximum absolute atomic E-state index is 11.8.